The number of aliphatic carboxylic acids is 1. The first-order chi connectivity index (χ1) is 11.8. The van der Waals surface area contributed by atoms with Crippen molar-refractivity contribution < 1.29 is 9.90 Å². The van der Waals surface area contributed by atoms with E-state index in [-0.39, 0.29) is 6.42 Å². The molecule has 0 saturated carbocycles. The van der Waals surface area contributed by atoms with Crippen molar-refractivity contribution in [1.82, 2.24) is 0 Å². The largest absolute Gasteiger partial charge is 0.481 e. The molecule has 24 heavy (non-hydrogen) atoms. The van der Waals surface area contributed by atoms with Crippen molar-refractivity contribution in [2.45, 2.75) is 110 Å². The van der Waals surface area contributed by atoms with Gasteiger partial charge < -0.3 is 5.11 Å². The van der Waals surface area contributed by atoms with Gasteiger partial charge in [0.05, 0.1) is 6.42 Å². The van der Waals surface area contributed by atoms with Crippen molar-refractivity contribution in [2.75, 3.05) is 0 Å². The number of allylic oxidation sites excluding steroid dienone is 3. The SMILES string of the molecule is CCCCCCCCCCCCCCCC/C=C/C=C/CC(=O)O. The summed E-state index contributed by atoms with van der Waals surface area (Å²) in [5.74, 6) is -0.772. The second-order valence-corrected chi connectivity index (χ2v) is 6.84. The minimum Gasteiger partial charge on any atom is -0.481 e. The predicted octanol–water partition coefficient (Wildman–Crippen LogP) is 7.44. The molecule has 0 aromatic rings. The summed E-state index contributed by atoms with van der Waals surface area (Å²) in [4.78, 5) is 10.3. The molecule has 0 radical (unpaired) electrons. The Balaban J connectivity index is 3.11. The number of carboxylic acid groups (broad SMARTS) is 1. The summed E-state index contributed by atoms with van der Waals surface area (Å²) in [7, 11) is 0. The zero-order valence-electron chi connectivity index (χ0n) is 16.0. The first kappa shape index (κ1) is 22.9. The fourth-order valence-electron chi connectivity index (χ4n) is 2.88. The van der Waals surface area contributed by atoms with Gasteiger partial charge in [0, 0.05) is 0 Å². The van der Waals surface area contributed by atoms with Crippen LogP contribution >= 0.6 is 0 Å². The van der Waals surface area contributed by atoms with Crippen molar-refractivity contribution >= 4 is 5.97 Å². The molecule has 140 valence electrons. The van der Waals surface area contributed by atoms with Crippen molar-refractivity contribution in [3.8, 4) is 0 Å². The van der Waals surface area contributed by atoms with Gasteiger partial charge in [-0.25, -0.2) is 0 Å². The molecule has 0 unspecified atom stereocenters. The first-order valence-corrected chi connectivity index (χ1v) is 10.3. The summed E-state index contributed by atoms with van der Waals surface area (Å²) in [6.45, 7) is 2.28. The van der Waals surface area contributed by atoms with Gasteiger partial charge in [-0.1, -0.05) is 115 Å². The second kappa shape index (κ2) is 20.0. The van der Waals surface area contributed by atoms with Crippen LogP contribution in [0.4, 0.5) is 0 Å². The summed E-state index contributed by atoms with van der Waals surface area (Å²) in [6.07, 6.45) is 28.4. The lowest BCUT2D eigenvalue weighted by Gasteiger charge is -2.02. The molecular formula is C22H40O2. The van der Waals surface area contributed by atoms with E-state index in [1.54, 1.807) is 6.08 Å². The highest BCUT2D eigenvalue weighted by atomic mass is 16.4. The highest BCUT2D eigenvalue weighted by Crippen LogP contribution is 2.13. The van der Waals surface area contributed by atoms with Gasteiger partial charge >= 0.3 is 5.97 Å². The van der Waals surface area contributed by atoms with Crippen LogP contribution in [0.5, 0.6) is 0 Å². The Labute approximate surface area is 150 Å². The molecule has 1 N–H and O–H groups in total. The average molecular weight is 337 g/mol. The Kier molecular flexibility index (Phi) is 19.1. The quantitative estimate of drug-likeness (QED) is 0.208. The van der Waals surface area contributed by atoms with Crippen LogP contribution in [0.25, 0.3) is 0 Å². The number of rotatable bonds is 18. The smallest absolute Gasteiger partial charge is 0.307 e. The molecular weight excluding hydrogens is 296 g/mol. The summed E-state index contributed by atoms with van der Waals surface area (Å²) < 4.78 is 0. The monoisotopic (exact) mass is 336 g/mol. The molecule has 0 bridgehead atoms. The predicted molar refractivity (Wildman–Crippen MR) is 105 cm³/mol. The zero-order valence-corrected chi connectivity index (χ0v) is 16.0. The van der Waals surface area contributed by atoms with Crippen LogP contribution in [0, 0.1) is 0 Å². The van der Waals surface area contributed by atoms with Gasteiger partial charge in [-0.2, -0.15) is 0 Å². The number of carbonyl (C=O) groups is 1. The van der Waals surface area contributed by atoms with Crippen LogP contribution in [-0.4, -0.2) is 11.1 Å². The van der Waals surface area contributed by atoms with Crippen LogP contribution in [-0.2, 0) is 4.79 Å². The van der Waals surface area contributed by atoms with Crippen molar-refractivity contribution in [3.63, 3.8) is 0 Å². The molecule has 0 heterocycles. The molecule has 0 spiro atoms. The summed E-state index contributed by atoms with van der Waals surface area (Å²) >= 11 is 0. The summed E-state index contributed by atoms with van der Waals surface area (Å²) in [6, 6.07) is 0. The molecule has 0 rings (SSSR count). The van der Waals surface area contributed by atoms with E-state index in [0.29, 0.717) is 0 Å². The third-order valence-corrected chi connectivity index (χ3v) is 4.40. The Morgan fingerprint density at radius 2 is 1.08 bits per heavy atom. The number of carboxylic acids is 1. The van der Waals surface area contributed by atoms with Crippen LogP contribution in [0.1, 0.15) is 110 Å². The van der Waals surface area contributed by atoms with Gasteiger partial charge in [0.25, 0.3) is 0 Å². The number of hydrogen-bond donors (Lipinski definition) is 1. The van der Waals surface area contributed by atoms with Crippen LogP contribution < -0.4 is 0 Å². The Morgan fingerprint density at radius 3 is 1.54 bits per heavy atom. The maximum atomic E-state index is 10.3. The van der Waals surface area contributed by atoms with E-state index in [2.05, 4.69) is 13.0 Å². The normalized spacial score (nSPS) is 11.7. The third-order valence-electron chi connectivity index (χ3n) is 4.40. The highest BCUT2D eigenvalue weighted by Gasteiger charge is 1.93. The average Bonchev–Trinajstić information content (AvgIpc) is 2.56. The number of unbranched alkanes of at least 4 members (excludes halogenated alkanes) is 14. The topological polar surface area (TPSA) is 37.3 Å². The molecule has 0 saturated heterocycles. The maximum absolute atomic E-state index is 10.3. The summed E-state index contributed by atoms with van der Waals surface area (Å²) in [5, 5.41) is 8.48. The molecule has 0 aliphatic carbocycles. The van der Waals surface area contributed by atoms with Gasteiger partial charge in [0.15, 0.2) is 0 Å². The summed E-state index contributed by atoms with van der Waals surface area (Å²) in [5.41, 5.74) is 0. The zero-order chi connectivity index (χ0) is 17.7. The van der Waals surface area contributed by atoms with Crippen molar-refractivity contribution in [2.24, 2.45) is 0 Å². The molecule has 2 heteroatoms. The molecule has 0 aromatic heterocycles. The van der Waals surface area contributed by atoms with Gasteiger partial charge in [0.1, 0.15) is 0 Å². The molecule has 0 aliphatic rings. The second-order valence-electron chi connectivity index (χ2n) is 6.84. The van der Waals surface area contributed by atoms with Crippen LogP contribution in [0.3, 0.4) is 0 Å². The van der Waals surface area contributed by atoms with Crippen molar-refractivity contribution in [1.29, 1.82) is 0 Å². The van der Waals surface area contributed by atoms with Gasteiger partial charge in [-0.05, 0) is 12.8 Å². The molecule has 2 nitrogen and oxygen atoms in total. The van der Waals surface area contributed by atoms with Crippen LogP contribution in [0.2, 0.25) is 0 Å². The first-order valence-electron chi connectivity index (χ1n) is 10.3. The Morgan fingerprint density at radius 1 is 0.667 bits per heavy atom. The molecule has 0 aromatic carbocycles. The van der Waals surface area contributed by atoms with E-state index in [9.17, 15) is 4.79 Å². The minimum absolute atomic E-state index is 0.114. The highest BCUT2D eigenvalue weighted by molar-refractivity contribution is 5.68. The van der Waals surface area contributed by atoms with Crippen LogP contribution in [0.15, 0.2) is 24.3 Å². The van der Waals surface area contributed by atoms with E-state index < -0.39 is 5.97 Å². The third kappa shape index (κ3) is 20.9. The van der Waals surface area contributed by atoms with E-state index in [0.717, 1.165) is 6.42 Å². The van der Waals surface area contributed by atoms with Crippen molar-refractivity contribution in [3.05, 3.63) is 24.3 Å². The fraction of sp³-hybridized carbons (Fsp3) is 0.773. The number of hydrogen-bond acceptors (Lipinski definition) is 1. The van der Waals surface area contributed by atoms with E-state index >= 15 is 0 Å². The Bertz CT molecular complexity index is 318. The molecule has 0 amide bonds. The van der Waals surface area contributed by atoms with E-state index in [1.807, 2.05) is 12.2 Å². The standard InChI is InChI=1S/C22H40O2/c1-2-3-4-5-6-7-8-9-10-11-12-13-14-15-16-17-18-19-20-21-22(23)24/h17-20H,2-16,21H2,1H3,(H,23,24)/b18-17+,20-19+. The van der Waals surface area contributed by atoms with E-state index in [4.69, 9.17) is 5.11 Å². The lowest BCUT2D eigenvalue weighted by atomic mass is 10.0. The lowest BCUT2D eigenvalue weighted by Crippen LogP contribution is -1.89. The fourth-order valence-corrected chi connectivity index (χ4v) is 2.88. The minimum atomic E-state index is -0.772. The Hall–Kier alpha value is -1.05. The van der Waals surface area contributed by atoms with E-state index in [1.165, 1.54) is 89.9 Å². The molecule has 0 atom stereocenters. The van der Waals surface area contributed by atoms with Gasteiger partial charge in [-0.15, -0.1) is 0 Å². The maximum Gasteiger partial charge on any atom is 0.307 e. The molecule has 0 fully saturated rings. The lowest BCUT2D eigenvalue weighted by molar-refractivity contribution is -0.136. The van der Waals surface area contributed by atoms with Gasteiger partial charge in [-0.3, -0.25) is 4.79 Å². The van der Waals surface area contributed by atoms with Gasteiger partial charge in [0.2, 0.25) is 0 Å². The molecule has 0 aliphatic heterocycles.